The second-order valence-corrected chi connectivity index (χ2v) is 6.03. The standard InChI is InChI=1S/C15H21NOS/c17-15(12-13-6-4-5-7-13)16-10-11-18-14-8-2-1-3-9-14/h1-3,8-9,13H,4-7,10-12H2,(H,16,17). The van der Waals surface area contributed by atoms with Gasteiger partial charge in [-0.3, -0.25) is 4.79 Å². The van der Waals surface area contributed by atoms with Crippen molar-refractivity contribution >= 4 is 17.7 Å². The molecule has 1 aliphatic carbocycles. The van der Waals surface area contributed by atoms with Crippen molar-refractivity contribution in [2.45, 2.75) is 37.0 Å². The SMILES string of the molecule is O=C(CC1CCCC1)NCCSc1ccccc1. The molecule has 3 heteroatoms. The molecule has 1 aromatic carbocycles. The summed E-state index contributed by atoms with van der Waals surface area (Å²) in [5.74, 6) is 1.82. The third-order valence-electron chi connectivity index (χ3n) is 3.38. The molecule has 98 valence electrons. The fraction of sp³-hybridized carbons (Fsp3) is 0.533. The van der Waals surface area contributed by atoms with Crippen LogP contribution in [0.3, 0.4) is 0 Å². The first kappa shape index (κ1) is 13.5. The minimum Gasteiger partial charge on any atom is -0.355 e. The van der Waals surface area contributed by atoms with Gasteiger partial charge in [-0.2, -0.15) is 0 Å². The van der Waals surface area contributed by atoms with Gasteiger partial charge < -0.3 is 5.32 Å². The van der Waals surface area contributed by atoms with Crippen molar-refractivity contribution in [3.63, 3.8) is 0 Å². The number of hydrogen-bond donors (Lipinski definition) is 1. The quantitative estimate of drug-likeness (QED) is 0.629. The zero-order valence-corrected chi connectivity index (χ0v) is 11.5. The van der Waals surface area contributed by atoms with Gasteiger partial charge in [0.1, 0.15) is 0 Å². The Morgan fingerprint density at radius 1 is 1.22 bits per heavy atom. The lowest BCUT2D eigenvalue weighted by molar-refractivity contribution is -0.121. The number of nitrogens with one attached hydrogen (secondary N) is 1. The molecule has 0 heterocycles. The number of thioether (sulfide) groups is 1. The predicted octanol–water partition coefficient (Wildman–Crippen LogP) is 3.48. The Labute approximate surface area is 114 Å². The van der Waals surface area contributed by atoms with Crippen LogP contribution in [0.25, 0.3) is 0 Å². The Morgan fingerprint density at radius 2 is 1.94 bits per heavy atom. The summed E-state index contributed by atoms with van der Waals surface area (Å²) in [6.07, 6.45) is 5.83. The molecule has 1 amide bonds. The van der Waals surface area contributed by atoms with Crippen molar-refractivity contribution in [1.82, 2.24) is 5.32 Å². The van der Waals surface area contributed by atoms with Crippen LogP contribution >= 0.6 is 11.8 Å². The zero-order chi connectivity index (χ0) is 12.6. The van der Waals surface area contributed by atoms with Crippen LogP contribution in [0, 0.1) is 5.92 Å². The Hall–Kier alpha value is -0.960. The molecule has 0 spiro atoms. The normalized spacial score (nSPS) is 15.8. The van der Waals surface area contributed by atoms with Gasteiger partial charge in [-0.25, -0.2) is 0 Å². The summed E-state index contributed by atoms with van der Waals surface area (Å²) in [7, 11) is 0. The highest BCUT2D eigenvalue weighted by atomic mass is 32.2. The third kappa shape index (κ3) is 4.73. The molecule has 0 atom stereocenters. The van der Waals surface area contributed by atoms with E-state index in [0.717, 1.165) is 18.7 Å². The Bertz CT molecular complexity index is 360. The summed E-state index contributed by atoms with van der Waals surface area (Å²) < 4.78 is 0. The molecule has 0 aromatic heterocycles. The lowest BCUT2D eigenvalue weighted by atomic mass is 10.0. The first-order chi connectivity index (χ1) is 8.84. The average molecular weight is 263 g/mol. The van der Waals surface area contributed by atoms with Crippen LogP contribution in [-0.2, 0) is 4.79 Å². The number of rotatable bonds is 6. The fourth-order valence-electron chi connectivity index (χ4n) is 2.42. The molecule has 0 aliphatic heterocycles. The van der Waals surface area contributed by atoms with Crippen molar-refractivity contribution in [1.29, 1.82) is 0 Å². The fourth-order valence-corrected chi connectivity index (χ4v) is 3.21. The lowest BCUT2D eigenvalue weighted by Crippen LogP contribution is -2.27. The van der Waals surface area contributed by atoms with Crippen LogP contribution in [0.4, 0.5) is 0 Å². The minimum atomic E-state index is 0.232. The first-order valence-electron chi connectivity index (χ1n) is 6.79. The van der Waals surface area contributed by atoms with Gasteiger partial charge in [0, 0.05) is 23.6 Å². The van der Waals surface area contributed by atoms with E-state index < -0.39 is 0 Å². The molecule has 18 heavy (non-hydrogen) atoms. The second kappa shape index (κ2) is 7.47. The molecule has 0 unspecified atom stereocenters. The molecular formula is C15H21NOS. The molecule has 2 nitrogen and oxygen atoms in total. The summed E-state index contributed by atoms with van der Waals surface area (Å²) in [4.78, 5) is 13.0. The van der Waals surface area contributed by atoms with Crippen molar-refractivity contribution in [2.24, 2.45) is 5.92 Å². The Kier molecular flexibility index (Phi) is 5.59. The predicted molar refractivity (Wildman–Crippen MR) is 76.8 cm³/mol. The van der Waals surface area contributed by atoms with E-state index in [0.29, 0.717) is 5.92 Å². The number of amides is 1. The average Bonchev–Trinajstić information content (AvgIpc) is 2.89. The molecule has 2 rings (SSSR count). The van der Waals surface area contributed by atoms with Gasteiger partial charge >= 0.3 is 0 Å². The Morgan fingerprint density at radius 3 is 2.67 bits per heavy atom. The summed E-state index contributed by atoms with van der Waals surface area (Å²) in [5.41, 5.74) is 0. The molecule has 0 bridgehead atoms. The van der Waals surface area contributed by atoms with Gasteiger partial charge in [-0.05, 0) is 30.9 Å². The van der Waals surface area contributed by atoms with Crippen molar-refractivity contribution < 1.29 is 4.79 Å². The molecule has 1 aromatic rings. The van der Waals surface area contributed by atoms with Crippen LogP contribution in [-0.4, -0.2) is 18.2 Å². The van der Waals surface area contributed by atoms with E-state index in [-0.39, 0.29) is 5.91 Å². The van der Waals surface area contributed by atoms with Gasteiger partial charge in [0.15, 0.2) is 0 Å². The van der Waals surface area contributed by atoms with Gasteiger partial charge in [0.2, 0.25) is 5.91 Å². The van der Waals surface area contributed by atoms with E-state index in [1.807, 2.05) is 18.2 Å². The largest absolute Gasteiger partial charge is 0.355 e. The highest BCUT2D eigenvalue weighted by Crippen LogP contribution is 2.27. The zero-order valence-electron chi connectivity index (χ0n) is 10.7. The maximum atomic E-state index is 11.7. The van der Waals surface area contributed by atoms with Gasteiger partial charge in [0.25, 0.3) is 0 Å². The number of carbonyl (C=O) groups excluding carboxylic acids is 1. The number of carbonyl (C=O) groups is 1. The first-order valence-corrected chi connectivity index (χ1v) is 7.78. The summed E-state index contributed by atoms with van der Waals surface area (Å²) >= 11 is 1.79. The van der Waals surface area contributed by atoms with E-state index in [9.17, 15) is 4.79 Å². The van der Waals surface area contributed by atoms with Crippen LogP contribution in [0.15, 0.2) is 35.2 Å². The van der Waals surface area contributed by atoms with Crippen molar-refractivity contribution in [3.8, 4) is 0 Å². The van der Waals surface area contributed by atoms with Crippen molar-refractivity contribution in [2.75, 3.05) is 12.3 Å². The summed E-state index contributed by atoms with van der Waals surface area (Å²) in [6.45, 7) is 0.769. The lowest BCUT2D eigenvalue weighted by Gasteiger charge is -2.09. The third-order valence-corrected chi connectivity index (χ3v) is 4.40. The van der Waals surface area contributed by atoms with Gasteiger partial charge in [-0.1, -0.05) is 31.0 Å². The van der Waals surface area contributed by atoms with Gasteiger partial charge in [-0.15, -0.1) is 11.8 Å². The maximum absolute atomic E-state index is 11.7. The number of hydrogen-bond acceptors (Lipinski definition) is 2. The van der Waals surface area contributed by atoms with Gasteiger partial charge in [0.05, 0.1) is 0 Å². The maximum Gasteiger partial charge on any atom is 0.220 e. The smallest absolute Gasteiger partial charge is 0.220 e. The molecule has 1 saturated carbocycles. The van der Waals surface area contributed by atoms with Crippen LogP contribution in [0.2, 0.25) is 0 Å². The van der Waals surface area contributed by atoms with Crippen molar-refractivity contribution in [3.05, 3.63) is 30.3 Å². The molecular weight excluding hydrogens is 242 g/mol. The summed E-state index contributed by atoms with van der Waals surface area (Å²) in [5, 5.41) is 3.02. The molecule has 1 fully saturated rings. The van der Waals surface area contributed by atoms with E-state index in [4.69, 9.17) is 0 Å². The topological polar surface area (TPSA) is 29.1 Å². The minimum absolute atomic E-state index is 0.232. The van der Waals surface area contributed by atoms with E-state index in [1.165, 1.54) is 30.6 Å². The van der Waals surface area contributed by atoms with E-state index in [2.05, 4.69) is 17.4 Å². The molecule has 1 N–H and O–H groups in total. The Balaban J connectivity index is 1.56. The molecule has 0 saturated heterocycles. The van der Waals surface area contributed by atoms with Crippen LogP contribution in [0.1, 0.15) is 32.1 Å². The second-order valence-electron chi connectivity index (χ2n) is 4.87. The van der Waals surface area contributed by atoms with Crippen LogP contribution < -0.4 is 5.32 Å². The van der Waals surface area contributed by atoms with E-state index >= 15 is 0 Å². The van der Waals surface area contributed by atoms with E-state index in [1.54, 1.807) is 11.8 Å². The van der Waals surface area contributed by atoms with Crippen LogP contribution in [0.5, 0.6) is 0 Å². The summed E-state index contributed by atoms with van der Waals surface area (Å²) in [6, 6.07) is 10.3. The highest BCUT2D eigenvalue weighted by molar-refractivity contribution is 7.99. The number of benzene rings is 1. The molecule has 1 aliphatic rings. The highest BCUT2D eigenvalue weighted by Gasteiger charge is 2.17. The monoisotopic (exact) mass is 263 g/mol. The molecule has 0 radical (unpaired) electrons.